The first-order chi connectivity index (χ1) is 8.19. The van der Waals surface area contributed by atoms with Crippen LogP contribution in [0.5, 0.6) is 0 Å². The van der Waals surface area contributed by atoms with E-state index in [0.29, 0.717) is 30.2 Å². The Labute approximate surface area is 100 Å². The number of carbonyl (C=O) groups is 1. The van der Waals surface area contributed by atoms with Crippen LogP contribution in [-0.4, -0.2) is 38.3 Å². The summed E-state index contributed by atoms with van der Waals surface area (Å²) in [4.78, 5) is 15.3. The molecule has 0 fully saturated rings. The first-order valence-corrected chi connectivity index (χ1v) is 5.25. The molecule has 0 aromatic carbocycles. The van der Waals surface area contributed by atoms with E-state index in [-0.39, 0.29) is 0 Å². The van der Waals surface area contributed by atoms with Crippen molar-refractivity contribution in [2.24, 2.45) is 0 Å². The second-order valence-electron chi connectivity index (χ2n) is 3.43. The summed E-state index contributed by atoms with van der Waals surface area (Å²) in [6, 6.07) is 1.54. The van der Waals surface area contributed by atoms with Crippen molar-refractivity contribution < 1.29 is 14.3 Å². The van der Waals surface area contributed by atoms with Crippen LogP contribution < -0.4 is 11.1 Å². The average Bonchev–Trinajstić information content (AvgIpc) is 2.35. The van der Waals surface area contributed by atoms with Crippen molar-refractivity contribution in [2.75, 3.05) is 38.4 Å². The van der Waals surface area contributed by atoms with Crippen molar-refractivity contribution in [1.82, 2.24) is 4.98 Å². The lowest BCUT2D eigenvalue weighted by Gasteiger charge is -2.08. The van der Waals surface area contributed by atoms with Gasteiger partial charge in [0.05, 0.1) is 18.4 Å². The van der Waals surface area contributed by atoms with Crippen LogP contribution in [0.3, 0.4) is 0 Å². The highest BCUT2D eigenvalue weighted by atomic mass is 16.5. The number of carbonyl (C=O) groups excluding carboxylic acids is 1. The second-order valence-corrected chi connectivity index (χ2v) is 3.43. The molecule has 0 saturated carbocycles. The SMILES string of the molecule is COCCCNc1ncc(C(=O)OC)cc1N. The van der Waals surface area contributed by atoms with E-state index in [4.69, 9.17) is 10.5 Å². The summed E-state index contributed by atoms with van der Waals surface area (Å²) < 4.78 is 9.50. The molecule has 6 heteroatoms. The average molecular weight is 239 g/mol. The highest BCUT2D eigenvalue weighted by molar-refractivity contribution is 5.90. The monoisotopic (exact) mass is 239 g/mol. The number of esters is 1. The highest BCUT2D eigenvalue weighted by Crippen LogP contribution is 2.16. The van der Waals surface area contributed by atoms with Crippen molar-refractivity contribution in [3.8, 4) is 0 Å². The number of nitrogen functional groups attached to an aromatic ring is 1. The van der Waals surface area contributed by atoms with Gasteiger partial charge in [-0.3, -0.25) is 0 Å². The van der Waals surface area contributed by atoms with Crippen molar-refractivity contribution in [3.05, 3.63) is 17.8 Å². The molecule has 0 unspecified atom stereocenters. The zero-order valence-corrected chi connectivity index (χ0v) is 10.0. The largest absolute Gasteiger partial charge is 0.465 e. The Morgan fingerprint density at radius 3 is 2.88 bits per heavy atom. The fourth-order valence-corrected chi connectivity index (χ4v) is 1.28. The van der Waals surface area contributed by atoms with Crippen molar-refractivity contribution >= 4 is 17.5 Å². The normalized spacial score (nSPS) is 10.0. The maximum absolute atomic E-state index is 11.2. The minimum absolute atomic E-state index is 0.340. The topological polar surface area (TPSA) is 86.5 Å². The van der Waals surface area contributed by atoms with Crippen LogP contribution in [0.15, 0.2) is 12.3 Å². The number of nitrogens with two attached hydrogens (primary N) is 1. The summed E-state index contributed by atoms with van der Waals surface area (Å²) in [7, 11) is 2.97. The van der Waals surface area contributed by atoms with Gasteiger partial charge in [-0.25, -0.2) is 9.78 Å². The van der Waals surface area contributed by atoms with Gasteiger partial charge >= 0.3 is 5.97 Å². The predicted octanol–water partition coefficient (Wildman–Crippen LogP) is 0.899. The smallest absolute Gasteiger partial charge is 0.339 e. The van der Waals surface area contributed by atoms with Crippen molar-refractivity contribution in [3.63, 3.8) is 0 Å². The molecule has 3 N–H and O–H groups in total. The summed E-state index contributed by atoms with van der Waals surface area (Å²) in [6.07, 6.45) is 2.29. The molecule has 0 aliphatic rings. The molecular formula is C11H17N3O3. The summed E-state index contributed by atoms with van der Waals surface area (Å²) in [5, 5.41) is 3.06. The molecule has 0 spiro atoms. The number of anilines is 2. The molecule has 0 aliphatic carbocycles. The van der Waals surface area contributed by atoms with Crippen LogP contribution >= 0.6 is 0 Å². The molecular weight excluding hydrogens is 222 g/mol. The van der Waals surface area contributed by atoms with E-state index in [9.17, 15) is 4.79 Å². The lowest BCUT2D eigenvalue weighted by Crippen LogP contribution is -2.10. The molecule has 1 heterocycles. The number of aromatic nitrogens is 1. The Balaban J connectivity index is 2.60. The number of pyridine rings is 1. The first kappa shape index (κ1) is 13.2. The van der Waals surface area contributed by atoms with Gasteiger partial charge in [0.2, 0.25) is 0 Å². The molecule has 0 bridgehead atoms. The van der Waals surface area contributed by atoms with E-state index >= 15 is 0 Å². The van der Waals surface area contributed by atoms with Gasteiger partial charge in [0.25, 0.3) is 0 Å². The lowest BCUT2D eigenvalue weighted by atomic mass is 10.2. The molecule has 0 amide bonds. The number of ether oxygens (including phenoxy) is 2. The van der Waals surface area contributed by atoms with Crippen molar-refractivity contribution in [1.29, 1.82) is 0 Å². The summed E-state index contributed by atoms with van der Waals surface area (Å²) in [5.41, 5.74) is 6.53. The quantitative estimate of drug-likeness (QED) is 0.566. The molecule has 0 atom stereocenters. The maximum atomic E-state index is 11.2. The number of nitrogens with one attached hydrogen (secondary N) is 1. The standard InChI is InChI=1S/C11H17N3O3/c1-16-5-3-4-13-10-9(12)6-8(7-14-10)11(15)17-2/h6-7H,3-5,12H2,1-2H3,(H,13,14). The number of nitrogens with zero attached hydrogens (tertiary/aromatic N) is 1. The Kier molecular flexibility index (Phi) is 5.22. The zero-order valence-electron chi connectivity index (χ0n) is 10.0. The summed E-state index contributed by atoms with van der Waals surface area (Å²) in [5.74, 6) is 0.115. The van der Waals surface area contributed by atoms with Crippen LogP contribution in [0.1, 0.15) is 16.8 Å². The Morgan fingerprint density at radius 1 is 1.53 bits per heavy atom. The third-order valence-corrected chi connectivity index (χ3v) is 2.16. The van der Waals surface area contributed by atoms with E-state index in [2.05, 4.69) is 15.0 Å². The summed E-state index contributed by atoms with van der Waals surface area (Å²) in [6.45, 7) is 1.38. The van der Waals surface area contributed by atoms with Gasteiger partial charge in [-0.2, -0.15) is 0 Å². The molecule has 1 aromatic rings. The van der Waals surface area contributed by atoms with Crippen LogP contribution in [-0.2, 0) is 9.47 Å². The lowest BCUT2D eigenvalue weighted by molar-refractivity contribution is 0.0600. The molecule has 17 heavy (non-hydrogen) atoms. The van der Waals surface area contributed by atoms with Gasteiger partial charge in [0, 0.05) is 26.5 Å². The third-order valence-electron chi connectivity index (χ3n) is 2.16. The van der Waals surface area contributed by atoms with E-state index in [1.165, 1.54) is 19.4 Å². The number of rotatable bonds is 6. The molecule has 0 saturated heterocycles. The van der Waals surface area contributed by atoms with E-state index in [1.807, 2.05) is 0 Å². The number of methoxy groups -OCH3 is 2. The third kappa shape index (κ3) is 3.92. The summed E-state index contributed by atoms with van der Waals surface area (Å²) >= 11 is 0. The second kappa shape index (κ2) is 6.70. The van der Waals surface area contributed by atoms with Crippen molar-refractivity contribution in [2.45, 2.75) is 6.42 Å². The predicted molar refractivity (Wildman–Crippen MR) is 65.0 cm³/mol. The Bertz CT molecular complexity index is 382. The fourth-order valence-electron chi connectivity index (χ4n) is 1.28. The molecule has 6 nitrogen and oxygen atoms in total. The van der Waals surface area contributed by atoms with Gasteiger partial charge in [-0.05, 0) is 12.5 Å². The number of hydrogen-bond donors (Lipinski definition) is 2. The van der Waals surface area contributed by atoms with Crippen LogP contribution in [0.4, 0.5) is 11.5 Å². The molecule has 0 radical (unpaired) electrons. The minimum atomic E-state index is -0.449. The van der Waals surface area contributed by atoms with Crippen LogP contribution in [0.2, 0.25) is 0 Å². The fraction of sp³-hybridized carbons (Fsp3) is 0.455. The molecule has 1 aromatic heterocycles. The van der Waals surface area contributed by atoms with Gasteiger partial charge in [0.15, 0.2) is 0 Å². The molecule has 1 rings (SSSR count). The Morgan fingerprint density at radius 2 is 2.29 bits per heavy atom. The molecule has 0 aliphatic heterocycles. The highest BCUT2D eigenvalue weighted by Gasteiger charge is 2.08. The van der Waals surface area contributed by atoms with E-state index in [1.54, 1.807) is 7.11 Å². The zero-order chi connectivity index (χ0) is 12.7. The van der Waals surface area contributed by atoms with Gasteiger partial charge < -0.3 is 20.5 Å². The van der Waals surface area contributed by atoms with E-state index in [0.717, 1.165) is 6.42 Å². The molecule has 94 valence electrons. The Hall–Kier alpha value is -1.82. The minimum Gasteiger partial charge on any atom is -0.465 e. The van der Waals surface area contributed by atoms with Gasteiger partial charge in [-0.15, -0.1) is 0 Å². The first-order valence-electron chi connectivity index (χ1n) is 5.25. The number of hydrogen-bond acceptors (Lipinski definition) is 6. The van der Waals surface area contributed by atoms with Gasteiger partial charge in [-0.1, -0.05) is 0 Å². The maximum Gasteiger partial charge on any atom is 0.339 e. The van der Waals surface area contributed by atoms with Crippen LogP contribution in [0.25, 0.3) is 0 Å². The van der Waals surface area contributed by atoms with Crippen LogP contribution in [0, 0.1) is 0 Å². The van der Waals surface area contributed by atoms with E-state index < -0.39 is 5.97 Å². The van der Waals surface area contributed by atoms with Gasteiger partial charge in [0.1, 0.15) is 5.82 Å².